The first-order valence-electron chi connectivity index (χ1n) is 16.0. The number of fused-ring (bicyclic) bond motifs is 1. The van der Waals surface area contributed by atoms with E-state index in [0.717, 1.165) is 53.5 Å². The molecule has 2 aliphatic rings. The summed E-state index contributed by atoms with van der Waals surface area (Å²) in [5.41, 5.74) is 3.91. The number of methoxy groups -OCH3 is 1. The van der Waals surface area contributed by atoms with Gasteiger partial charge in [0.25, 0.3) is 5.91 Å². The average Bonchev–Trinajstić information content (AvgIpc) is 3.72. The van der Waals surface area contributed by atoms with Crippen LogP contribution >= 0.6 is 0 Å². The van der Waals surface area contributed by atoms with Crippen LogP contribution in [0.4, 0.5) is 4.39 Å². The number of hydrogen-bond donors (Lipinski definition) is 4. The molecule has 1 saturated carbocycles. The first-order valence-corrected chi connectivity index (χ1v) is 16.0. The van der Waals surface area contributed by atoms with Crippen molar-refractivity contribution < 1.29 is 23.8 Å². The fourth-order valence-electron chi connectivity index (χ4n) is 6.96. The van der Waals surface area contributed by atoms with Gasteiger partial charge < -0.3 is 20.5 Å². The fourth-order valence-corrected chi connectivity index (χ4v) is 6.96. The minimum Gasteiger partial charge on any atom is -0.496 e. The number of pyridine rings is 1. The van der Waals surface area contributed by atoms with Gasteiger partial charge in [-0.3, -0.25) is 24.6 Å². The highest BCUT2D eigenvalue weighted by Gasteiger charge is 2.38. The standard InChI is InChI=1S/C35H41FN6O4/c1-22-16-23(12-15-37-22)32-26-17-24(8-10-29(26)40-41-32)33(44)39-25-9-11-30(34(45)38-20-35(21-43)13-3-4-14-35)42(18-25)19-27-28(36)6-5-7-31(27)46-2/h5-8,10,12,15-17,25,30,43H,3-4,9,11,13-14,18-21H2,1-2H3,(H,38,45)(H,39,44)(H,40,41)/t25-,30+/m1/s1. The normalized spacial score (nSPS) is 19.7. The van der Waals surface area contributed by atoms with Gasteiger partial charge >= 0.3 is 0 Å². The van der Waals surface area contributed by atoms with Gasteiger partial charge in [-0.05, 0) is 75.1 Å². The monoisotopic (exact) mass is 628 g/mol. The third-order valence-corrected chi connectivity index (χ3v) is 9.61. The van der Waals surface area contributed by atoms with E-state index in [2.05, 4.69) is 25.8 Å². The Bertz CT molecular complexity index is 1720. The van der Waals surface area contributed by atoms with Gasteiger partial charge in [-0.1, -0.05) is 18.9 Å². The second kappa shape index (κ2) is 13.6. The van der Waals surface area contributed by atoms with Gasteiger partial charge in [0.05, 0.1) is 25.3 Å². The second-order valence-electron chi connectivity index (χ2n) is 12.7. The van der Waals surface area contributed by atoms with Crippen molar-refractivity contribution in [1.29, 1.82) is 0 Å². The van der Waals surface area contributed by atoms with Gasteiger partial charge in [-0.2, -0.15) is 5.10 Å². The van der Waals surface area contributed by atoms with Crippen LogP contribution in [0.1, 0.15) is 60.1 Å². The van der Waals surface area contributed by atoms with E-state index in [4.69, 9.17) is 4.74 Å². The summed E-state index contributed by atoms with van der Waals surface area (Å²) in [6, 6.07) is 13.2. The lowest BCUT2D eigenvalue weighted by molar-refractivity contribution is -0.128. The van der Waals surface area contributed by atoms with E-state index in [1.807, 2.05) is 36.1 Å². The number of carbonyl (C=O) groups excluding carboxylic acids is 2. The van der Waals surface area contributed by atoms with Gasteiger partial charge in [0, 0.05) is 65.1 Å². The van der Waals surface area contributed by atoms with E-state index in [-0.39, 0.29) is 36.4 Å². The topological polar surface area (TPSA) is 132 Å². The molecular weight excluding hydrogens is 587 g/mol. The third kappa shape index (κ3) is 6.61. The van der Waals surface area contributed by atoms with E-state index in [0.29, 0.717) is 42.8 Å². The Kier molecular flexibility index (Phi) is 9.32. The van der Waals surface area contributed by atoms with Crippen molar-refractivity contribution in [3.63, 3.8) is 0 Å². The number of aromatic amines is 1. The van der Waals surface area contributed by atoms with Crippen molar-refractivity contribution in [2.75, 3.05) is 26.8 Å². The second-order valence-corrected chi connectivity index (χ2v) is 12.7. The van der Waals surface area contributed by atoms with Gasteiger partial charge in [0.1, 0.15) is 17.3 Å². The number of nitrogens with one attached hydrogen (secondary N) is 3. The molecule has 0 spiro atoms. The van der Waals surface area contributed by atoms with Crippen LogP contribution in [0.3, 0.4) is 0 Å². The Morgan fingerprint density at radius 2 is 1.98 bits per heavy atom. The number of nitrogens with zero attached hydrogens (tertiary/aromatic N) is 3. The number of rotatable bonds is 10. The van der Waals surface area contributed by atoms with E-state index in [9.17, 15) is 14.7 Å². The molecular formula is C35H41FN6O4. The third-order valence-electron chi connectivity index (χ3n) is 9.61. The van der Waals surface area contributed by atoms with Gasteiger partial charge in [-0.25, -0.2) is 4.39 Å². The zero-order valence-electron chi connectivity index (χ0n) is 26.3. The van der Waals surface area contributed by atoms with E-state index >= 15 is 4.39 Å². The fraction of sp³-hybridized carbons (Fsp3) is 0.429. The smallest absolute Gasteiger partial charge is 0.251 e. The number of carbonyl (C=O) groups is 2. The summed E-state index contributed by atoms with van der Waals surface area (Å²) in [6.45, 7) is 2.86. The molecule has 46 heavy (non-hydrogen) atoms. The number of ether oxygens (including phenoxy) is 1. The zero-order chi connectivity index (χ0) is 32.3. The van der Waals surface area contributed by atoms with Crippen molar-refractivity contribution in [3.8, 4) is 17.0 Å². The van der Waals surface area contributed by atoms with Crippen LogP contribution in [-0.4, -0.2) is 75.9 Å². The predicted molar refractivity (Wildman–Crippen MR) is 173 cm³/mol. The molecule has 4 aromatic rings. The zero-order valence-corrected chi connectivity index (χ0v) is 26.3. The van der Waals surface area contributed by atoms with Crippen LogP contribution in [-0.2, 0) is 11.3 Å². The summed E-state index contributed by atoms with van der Waals surface area (Å²) in [6.07, 6.45) is 6.64. The maximum atomic E-state index is 15.1. The maximum Gasteiger partial charge on any atom is 0.251 e. The molecule has 1 saturated heterocycles. The molecule has 2 fully saturated rings. The van der Waals surface area contributed by atoms with Crippen LogP contribution in [0, 0.1) is 18.2 Å². The number of aromatic nitrogens is 3. The molecule has 3 heterocycles. The Morgan fingerprint density at radius 1 is 1.15 bits per heavy atom. The maximum absolute atomic E-state index is 15.1. The van der Waals surface area contributed by atoms with Crippen LogP contribution in [0.5, 0.6) is 5.75 Å². The lowest BCUT2D eigenvalue weighted by Gasteiger charge is -2.40. The number of benzene rings is 2. The van der Waals surface area contributed by atoms with Crippen LogP contribution in [0.15, 0.2) is 54.7 Å². The van der Waals surface area contributed by atoms with Crippen LogP contribution < -0.4 is 15.4 Å². The minimum atomic E-state index is -0.525. The summed E-state index contributed by atoms with van der Waals surface area (Å²) in [4.78, 5) is 33.4. The van der Waals surface area contributed by atoms with Crippen LogP contribution in [0.25, 0.3) is 22.2 Å². The molecule has 242 valence electrons. The molecule has 2 amide bonds. The first kappa shape index (κ1) is 31.6. The molecule has 2 atom stereocenters. The minimum absolute atomic E-state index is 0.0382. The number of halogens is 1. The molecule has 1 aliphatic carbocycles. The highest BCUT2D eigenvalue weighted by atomic mass is 19.1. The molecule has 11 heteroatoms. The number of aliphatic hydroxyl groups is 1. The number of amides is 2. The number of piperidine rings is 1. The lowest BCUT2D eigenvalue weighted by atomic mass is 9.87. The van der Waals surface area contributed by atoms with Crippen molar-refractivity contribution in [3.05, 3.63) is 77.4 Å². The quantitative estimate of drug-likeness (QED) is 0.203. The Hall–Kier alpha value is -4.35. The highest BCUT2D eigenvalue weighted by molar-refractivity contribution is 6.01. The molecule has 2 aromatic carbocycles. The summed E-state index contributed by atoms with van der Waals surface area (Å²) < 4.78 is 20.5. The van der Waals surface area contributed by atoms with Gasteiger partial charge in [0.15, 0.2) is 0 Å². The molecule has 0 bridgehead atoms. The van der Waals surface area contributed by atoms with Gasteiger partial charge in [0.2, 0.25) is 5.91 Å². The number of aryl methyl sites for hydroxylation is 1. The molecule has 4 N–H and O–H groups in total. The Balaban J connectivity index is 1.20. The van der Waals surface area contributed by atoms with E-state index < -0.39 is 11.9 Å². The lowest BCUT2D eigenvalue weighted by Crippen LogP contribution is -2.57. The van der Waals surface area contributed by atoms with E-state index in [1.54, 1.807) is 24.4 Å². The molecule has 2 aromatic heterocycles. The molecule has 1 aliphatic heterocycles. The van der Waals surface area contributed by atoms with Crippen molar-refractivity contribution in [1.82, 2.24) is 30.7 Å². The first-order chi connectivity index (χ1) is 22.3. The Labute approximate surface area is 267 Å². The number of H-pyrrole nitrogens is 1. The summed E-state index contributed by atoms with van der Waals surface area (Å²) in [5, 5.41) is 24.7. The summed E-state index contributed by atoms with van der Waals surface area (Å²) in [5.74, 6) is -0.390. The average molecular weight is 629 g/mol. The number of hydrogen-bond acceptors (Lipinski definition) is 7. The van der Waals surface area contributed by atoms with Crippen molar-refractivity contribution in [2.45, 2.75) is 64.1 Å². The van der Waals surface area contributed by atoms with Gasteiger partial charge in [-0.15, -0.1) is 0 Å². The van der Waals surface area contributed by atoms with Crippen molar-refractivity contribution >= 4 is 22.7 Å². The molecule has 10 nitrogen and oxygen atoms in total. The van der Waals surface area contributed by atoms with Crippen LogP contribution in [0.2, 0.25) is 0 Å². The molecule has 0 unspecified atom stereocenters. The molecule has 0 radical (unpaired) electrons. The molecule has 6 rings (SSSR count). The highest BCUT2D eigenvalue weighted by Crippen LogP contribution is 2.37. The SMILES string of the molecule is COc1cccc(F)c1CN1C[C@H](NC(=O)c2ccc3[nH]nc(-c4ccnc(C)c4)c3c2)CC[C@H]1C(=O)NCC1(CO)CCCC1. The Morgan fingerprint density at radius 3 is 2.74 bits per heavy atom. The summed E-state index contributed by atoms with van der Waals surface area (Å²) in [7, 11) is 1.50. The number of aliphatic hydroxyl groups excluding tert-OH is 1. The summed E-state index contributed by atoms with van der Waals surface area (Å²) >= 11 is 0. The van der Waals surface area contributed by atoms with Crippen molar-refractivity contribution in [2.24, 2.45) is 5.41 Å². The largest absolute Gasteiger partial charge is 0.496 e. The van der Waals surface area contributed by atoms with E-state index in [1.165, 1.54) is 13.2 Å². The number of likely N-dealkylation sites (tertiary alicyclic amines) is 1. The predicted octanol–water partition coefficient (Wildman–Crippen LogP) is 4.51.